The average Bonchev–Trinajstić information content (AvgIpc) is 2.87. The van der Waals surface area contributed by atoms with Crippen molar-refractivity contribution < 1.29 is 9.90 Å². The van der Waals surface area contributed by atoms with E-state index in [1.165, 1.54) is 19.3 Å². The van der Waals surface area contributed by atoms with Crippen LogP contribution in [0, 0.1) is 5.92 Å². The number of hydrogen-bond acceptors (Lipinski definition) is 2. The summed E-state index contributed by atoms with van der Waals surface area (Å²) in [5, 5.41) is 13.1. The van der Waals surface area contributed by atoms with Crippen LogP contribution in [-0.4, -0.2) is 21.6 Å². The number of aliphatic hydroxyl groups is 1. The fraction of sp³-hybridized carbons (Fsp3) is 0.688. The number of aromatic nitrogens is 1. The molecule has 4 nitrogen and oxygen atoms in total. The van der Waals surface area contributed by atoms with E-state index in [0.29, 0.717) is 12.6 Å². The summed E-state index contributed by atoms with van der Waals surface area (Å²) >= 11 is 0. The molecule has 2 N–H and O–H groups in total. The van der Waals surface area contributed by atoms with Crippen molar-refractivity contribution in [3.8, 4) is 0 Å². The first kappa shape index (κ1) is 15.1. The molecule has 0 aliphatic heterocycles. The molecule has 0 aromatic carbocycles. The Hall–Kier alpha value is -1.29. The molecule has 1 heterocycles. The fourth-order valence-corrected chi connectivity index (χ4v) is 2.80. The van der Waals surface area contributed by atoms with E-state index in [4.69, 9.17) is 0 Å². The number of nitrogens with zero attached hydrogens (tertiary/aromatic N) is 1. The zero-order valence-corrected chi connectivity index (χ0v) is 12.5. The first-order valence-electron chi connectivity index (χ1n) is 7.69. The van der Waals surface area contributed by atoms with Crippen molar-refractivity contribution in [1.29, 1.82) is 0 Å². The molecule has 1 aromatic heterocycles. The van der Waals surface area contributed by atoms with E-state index in [0.717, 1.165) is 18.4 Å². The highest BCUT2D eigenvalue weighted by Crippen LogP contribution is 2.21. The molecule has 0 bridgehead atoms. The van der Waals surface area contributed by atoms with Crippen LogP contribution < -0.4 is 5.32 Å². The average molecular weight is 278 g/mol. The van der Waals surface area contributed by atoms with Crippen LogP contribution in [0.3, 0.4) is 0 Å². The molecule has 1 aliphatic carbocycles. The number of amides is 1. The second-order valence-electron chi connectivity index (χ2n) is 6.21. The largest absolute Gasteiger partial charge is 0.388 e. The molecule has 0 spiro atoms. The highest BCUT2D eigenvalue weighted by molar-refractivity contribution is 5.76. The minimum absolute atomic E-state index is 0.0677. The molecule has 1 amide bonds. The van der Waals surface area contributed by atoms with Crippen LogP contribution in [0.4, 0.5) is 0 Å². The Morgan fingerprint density at radius 2 is 2.10 bits per heavy atom. The lowest BCUT2D eigenvalue weighted by Crippen LogP contribution is -2.38. The summed E-state index contributed by atoms with van der Waals surface area (Å²) < 4.78 is 1.85. The Bertz CT molecular complexity index is 433. The molecule has 1 aliphatic rings. The second kappa shape index (κ2) is 6.93. The van der Waals surface area contributed by atoms with Gasteiger partial charge in [-0.3, -0.25) is 4.79 Å². The minimum atomic E-state index is -0.461. The van der Waals surface area contributed by atoms with Gasteiger partial charge in [0.2, 0.25) is 5.91 Å². The van der Waals surface area contributed by atoms with Gasteiger partial charge >= 0.3 is 0 Å². The van der Waals surface area contributed by atoms with Gasteiger partial charge in [0.05, 0.1) is 6.10 Å². The van der Waals surface area contributed by atoms with Gasteiger partial charge in [-0.1, -0.05) is 33.1 Å². The molecule has 20 heavy (non-hydrogen) atoms. The first-order valence-corrected chi connectivity index (χ1v) is 7.69. The van der Waals surface area contributed by atoms with Crippen LogP contribution >= 0.6 is 0 Å². The molecule has 112 valence electrons. The van der Waals surface area contributed by atoms with Crippen LogP contribution in [-0.2, 0) is 11.3 Å². The van der Waals surface area contributed by atoms with Crippen LogP contribution in [0.2, 0.25) is 0 Å². The lowest BCUT2D eigenvalue weighted by atomic mass is 9.95. The lowest BCUT2D eigenvalue weighted by molar-refractivity contribution is -0.122. The van der Waals surface area contributed by atoms with E-state index in [1.54, 1.807) is 0 Å². The molecule has 1 unspecified atom stereocenters. The van der Waals surface area contributed by atoms with Gasteiger partial charge in [0.15, 0.2) is 0 Å². The van der Waals surface area contributed by atoms with E-state index >= 15 is 0 Å². The summed E-state index contributed by atoms with van der Waals surface area (Å²) in [6.07, 6.45) is 9.21. The van der Waals surface area contributed by atoms with Gasteiger partial charge in [-0.25, -0.2) is 0 Å². The number of aliphatic hydroxyl groups excluding tert-OH is 1. The van der Waals surface area contributed by atoms with Crippen molar-refractivity contribution in [1.82, 2.24) is 9.88 Å². The van der Waals surface area contributed by atoms with E-state index in [9.17, 15) is 9.90 Å². The van der Waals surface area contributed by atoms with Gasteiger partial charge in [0.25, 0.3) is 0 Å². The third kappa shape index (κ3) is 4.10. The Morgan fingerprint density at radius 1 is 1.40 bits per heavy atom. The van der Waals surface area contributed by atoms with E-state index < -0.39 is 6.10 Å². The van der Waals surface area contributed by atoms with Gasteiger partial charge in [-0.15, -0.1) is 0 Å². The molecule has 1 aromatic rings. The molecule has 4 heteroatoms. The third-order valence-electron chi connectivity index (χ3n) is 4.04. The first-order chi connectivity index (χ1) is 9.56. The summed E-state index contributed by atoms with van der Waals surface area (Å²) in [5.74, 6) is 0.250. The number of carbonyl (C=O) groups is 1. The second-order valence-corrected chi connectivity index (χ2v) is 6.21. The number of carbonyl (C=O) groups excluding carboxylic acids is 1. The van der Waals surface area contributed by atoms with E-state index in [-0.39, 0.29) is 11.8 Å². The molecule has 1 saturated carbocycles. The number of rotatable bonds is 5. The Kier molecular flexibility index (Phi) is 5.24. The topological polar surface area (TPSA) is 54.3 Å². The Morgan fingerprint density at radius 3 is 2.75 bits per heavy atom. The molecule has 1 fully saturated rings. The van der Waals surface area contributed by atoms with Crippen LogP contribution in [0.1, 0.15) is 57.6 Å². The number of hydrogen-bond donors (Lipinski definition) is 2. The van der Waals surface area contributed by atoms with Crippen LogP contribution in [0.15, 0.2) is 18.5 Å². The highest BCUT2D eigenvalue weighted by atomic mass is 16.3. The van der Waals surface area contributed by atoms with Crippen molar-refractivity contribution in [3.63, 3.8) is 0 Å². The van der Waals surface area contributed by atoms with Gasteiger partial charge in [0, 0.05) is 18.4 Å². The standard InChI is InChI=1S/C16H26N2O2/c1-12(2)16(20)13-8-9-18(10-13)11-15(19)17-14-6-4-3-5-7-14/h8-10,12,14,16,20H,3-7,11H2,1-2H3,(H,17,19). The van der Waals surface area contributed by atoms with E-state index in [2.05, 4.69) is 5.32 Å². The number of nitrogens with one attached hydrogen (secondary N) is 1. The summed E-state index contributed by atoms with van der Waals surface area (Å²) in [6, 6.07) is 2.24. The Balaban J connectivity index is 1.85. The molecule has 0 radical (unpaired) electrons. The monoisotopic (exact) mass is 278 g/mol. The summed E-state index contributed by atoms with van der Waals surface area (Å²) in [5.41, 5.74) is 0.880. The van der Waals surface area contributed by atoms with Crippen LogP contribution in [0.5, 0.6) is 0 Å². The minimum Gasteiger partial charge on any atom is -0.388 e. The van der Waals surface area contributed by atoms with Crippen molar-refractivity contribution in [2.75, 3.05) is 0 Å². The smallest absolute Gasteiger partial charge is 0.240 e. The predicted octanol–water partition coefficient (Wildman–Crippen LogP) is 2.63. The molecule has 1 atom stereocenters. The highest BCUT2D eigenvalue weighted by Gasteiger charge is 2.17. The Labute approximate surface area is 121 Å². The van der Waals surface area contributed by atoms with Crippen molar-refractivity contribution in [2.45, 2.75) is 64.6 Å². The maximum Gasteiger partial charge on any atom is 0.240 e. The summed E-state index contributed by atoms with van der Waals surface area (Å²) in [4.78, 5) is 12.0. The summed E-state index contributed by atoms with van der Waals surface area (Å²) in [6.45, 7) is 4.30. The SMILES string of the molecule is CC(C)C(O)c1ccn(CC(=O)NC2CCCCC2)c1. The van der Waals surface area contributed by atoms with Gasteiger partial charge in [-0.05, 0) is 30.4 Å². The van der Waals surface area contributed by atoms with Crippen LogP contribution in [0.25, 0.3) is 0 Å². The normalized spacial score (nSPS) is 18.2. The molecular weight excluding hydrogens is 252 g/mol. The predicted molar refractivity (Wildman–Crippen MR) is 79.2 cm³/mol. The maximum atomic E-state index is 12.0. The molecule has 2 rings (SSSR count). The third-order valence-corrected chi connectivity index (χ3v) is 4.04. The van der Waals surface area contributed by atoms with Gasteiger partial charge in [0.1, 0.15) is 6.54 Å². The maximum absolute atomic E-state index is 12.0. The van der Waals surface area contributed by atoms with Gasteiger partial charge in [-0.2, -0.15) is 0 Å². The van der Waals surface area contributed by atoms with Gasteiger partial charge < -0.3 is 15.0 Å². The van der Waals surface area contributed by atoms with Crippen molar-refractivity contribution >= 4 is 5.91 Å². The fourth-order valence-electron chi connectivity index (χ4n) is 2.80. The van der Waals surface area contributed by atoms with E-state index in [1.807, 2.05) is 36.9 Å². The summed E-state index contributed by atoms with van der Waals surface area (Å²) in [7, 11) is 0. The lowest BCUT2D eigenvalue weighted by Gasteiger charge is -2.22. The van der Waals surface area contributed by atoms with Crippen molar-refractivity contribution in [3.05, 3.63) is 24.0 Å². The quantitative estimate of drug-likeness (QED) is 0.870. The molecular formula is C16H26N2O2. The van der Waals surface area contributed by atoms with Crippen molar-refractivity contribution in [2.24, 2.45) is 5.92 Å². The zero-order valence-electron chi connectivity index (χ0n) is 12.5. The zero-order chi connectivity index (χ0) is 14.5. The molecule has 0 saturated heterocycles.